The average molecular weight is 432 g/mol. The Morgan fingerprint density at radius 1 is 1.21 bits per heavy atom. The highest BCUT2D eigenvalue weighted by Crippen LogP contribution is 2.21. The summed E-state index contributed by atoms with van der Waals surface area (Å²) in [5.41, 5.74) is 1.38. The lowest BCUT2D eigenvalue weighted by atomic mass is 10.2. The third-order valence-corrected chi connectivity index (χ3v) is 3.95. The minimum absolute atomic E-state index is 0.129. The van der Waals surface area contributed by atoms with Gasteiger partial charge in [-0.15, -0.1) is 0 Å². The molecule has 3 nitrogen and oxygen atoms in total. The van der Waals surface area contributed by atoms with Crippen molar-refractivity contribution in [3.05, 3.63) is 56.1 Å². The average Bonchev–Trinajstić information content (AvgIpc) is 2.42. The van der Waals surface area contributed by atoms with Crippen LogP contribution in [0, 0.1) is 3.57 Å². The molecule has 0 saturated heterocycles. The van der Waals surface area contributed by atoms with Crippen molar-refractivity contribution in [2.45, 2.75) is 0 Å². The fourth-order valence-electron chi connectivity index (χ4n) is 1.54. The van der Waals surface area contributed by atoms with Crippen molar-refractivity contribution >= 4 is 50.1 Å². The topological polar surface area (TPSA) is 38.3 Å². The van der Waals surface area contributed by atoms with Gasteiger partial charge in [-0.3, -0.25) is 4.79 Å². The van der Waals surface area contributed by atoms with E-state index in [0.717, 1.165) is 19.5 Å². The molecule has 0 aromatic heterocycles. The maximum absolute atomic E-state index is 12.2. The molecule has 5 heteroatoms. The summed E-state index contributed by atoms with van der Waals surface area (Å²) < 4.78 is 6.86. The van der Waals surface area contributed by atoms with Gasteiger partial charge in [0.1, 0.15) is 5.75 Å². The number of carbonyl (C=O) groups excluding carboxylic acids is 1. The van der Waals surface area contributed by atoms with Gasteiger partial charge in [0.15, 0.2) is 0 Å². The summed E-state index contributed by atoms with van der Waals surface area (Å²) >= 11 is 5.51. The van der Waals surface area contributed by atoms with Crippen LogP contribution in [-0.4, -0.2) is 13.0 Å². The molecule has 0 fully saturated rings. The van der Waals surface area contributed by atoms with Crippen LogP contribution in [0.2, 0.25) is 0 Å². The zero-order valence-electron chi connectivity index (χ0n) is 10.1. The van der Waals surface area contributed by atoms with Crippen LogP contribution in [0.15, 0.2) is 46.9 Å². The highest BCUT2D eigenvalue weighted by atomic mass is 127. The Labute approximate surface area is 133 Å². The van der Waals surface area contributed by atoms with Crippen LogP contribution in [0.25, 0.3) is 0 Å². The number of rotatable bonds is 3. The van der Waals surface area contributed by atoms with Gasteiger partial charge in [-0.05, 0) is 65.1 Å². The summed E-state index contributed by atoms with van der Waals surface area (Å²) in [6.45, 7) is 0. The predicted octanol–water partition coefficient (Wildman–Crippen LogP) is 4.31. The number of carbonyl (C=O) groups is 1. The van der Waals surface area contributed by atoms with Crippen molar-refractivity contribution < 1.29 is 9.53 Å². The molecule has 0 saturated carbocycles. The summed E-state index contributed by atoms with van der Waals surface area (Å²) in [5.74, 6) is 0.630. The number of amides is 1. The van der Waals surface area contributed by atoms with E-state index in [1.807, 2.05) is 36.4 Å². The fourth-order valence-corrected chi connectivity index (χ4v) is 2.49. The Hall–Kier alpha value is -1.08. The van der Waals surface area contributed by atoms with Crippen LogP contribution >= 0.6 is 38.5 Å². The number of halogens is 2. The Kier molecular flexibility index (Phi) is 4.81. The summed E-state index contributed by atoms with van der Waals surface area (Å²) in [7, 11) is 1.61. The molecular formula is C14H11BrINO2. The van der Waals surface area contributed by atoms with Gasteiger partial charge < -0.3 is 10.1 Å². The Balaban J connectivity index is 2.18. The molecule has 0 bridgehead atoms. The van der Waals surface area contributed by atoms with Gasteiger partial charge in [-0.25, -0.2) is 0 Å². The zero-order chi connectivity index (χ0) is 13.8. The van der Waals surface area contributed by atoms with E-state index in [1.54, 1.807) is 13.2 Å². The molecule has 2 aromatic carbocycles. The van der Waals surface area contributed by atoms with E-state index in [9.17, 15) is 4.79 Å². The van der Waals surface area contributed by atoms with Gasteiger partial charge in [-0.1, -0.05) is 15.9 Å². The van der Waals surface area contributed by atoms with Crippen molar-refractivity contribution in [3.63, 3.8) is 0 Å². The lowest BCUT2D eigenvalue weighted by molar-refractivity contribution is 0.102. The molecule has 1 amide bonds. The normalized spacial score (nSPS) is 10.1. The molecule has 0 aliphatic heterocycles. The third-order valence-electron chi connectivity index (χ3n) is 2.52. The molecule has 0 atom stereocenters. The minimum atomic E-state index is -0.129. The molecule has 1 N–H and O–H groups in total. The van der Waals surface area contributed by atoms with Gasteiger partial charge >= 0.3 is 0 Å². The highest BCUT2D eigenvalue weighted by Gasteiger charge is 2.10. The quantitative estimate of drug-likeness (QED) is 0.735. The van der Waals surface area contributed by atoms with Crippen LogP contribution in [-0.2, 0) is 0 Å². The Morgan fingerprint density at radius 3 is 2.53 bits per heavy atom. The first kappa shape index (κ1) is 14.3. The minimum Gasteiger partial charge on any atom is -0.497 e. The van der Waals surface area contributed by atoms with Crippen LogP contribution in [0.4, 0.5) is 5.69 Å². The molecule has 0 spiro atoms. The molecule has 0 aliphatic carbocycles. The Morgan fingerprint density at radius 2 is 1.89 bits per heavy atom. The van der Waals surface area contributed by atoms with Crippen molar-refractivity contribution in [1.29, 1.82) is 0 Å². The van der Waals surface area contributed by atoms with Crippen LogP contribution in [0.1, 0.15) is 10.4 Å². The first-order valence-electron chi connectivity index (χ1n) is 5.50. The number of methoxy groups -OCH3 is 1. The van der Waals surface area contributed by atoms with Crippen molar-refractivity contribution in [2.24, 2.45) is 0 Å². The predicted molar refractivity (Wildman–Crippen MR) is 87.8 cm³/mol. The van der Waals surface area contributed by atoms with Gasteiger partial charge in [0.2, 0.25) is 0 Å². The smallest absolute Gasteiger partial charge is 0.256 e. The number of ether oxygens (including phenoxy) is 1. The number of nitrogens with one attached hydrogen (secondary N) is 1. The van der Waals surface area contributed by atoms with E-state index in [-0.39, 0.29) is 5.91 Å². The van der Waals surface area contributed by atoms with Crippen LogP contribution < -0.4 is 10.1 Å². The summed E-state index contributed by atoms with van der Waals surface area (Å²) in [4.78, 5) is 12.2. The molecule has 0 aliphatic rings. The zero-order valence-corrected chi connectivity index (χ0v) is 13.9. The van der Waals surface area contributed by atoms with Gasteiger partial charge in [0.05, 0.1) is 12.7 Å². The lowest BCUT2D eigenvalue weighted by Gasteiger charge is -2.08. The molecule has 0 radical (unpaired) electrons. The molecular weight excluding hydrogens is 421 g/mol. The Bertz CT molecular complexity index is 599. The standard InChI is InChI=1S/C14H11BrINO2/c1-19-11-5-3-10(4-6-11)17-14(18)12-8-9(15)2-7-13(12)16/h2-8H,1H3,(H,17,18). The monoisotopic (exact) mass is 431 g/mol. The van der Waals surface area contributed by atoms with Gasteiger partial charge in [-0.2, -0.15) is 0 Å². The van der Waals surface area contributed by atoms with Crippen molar-refractivity contribution in [1.82, 2.24) is 0 Å². The van der Waals surface area contributed by atoms with E-state index in [2.05, 4.69) is 43.8 Å². The lowest BCUT2D eigenvalue weighted by Crippen LogP contribution is -2.13. The fraction of sp³-hybridized carbons (Fsp3) is 0.0714. The van der Waals surface area contributed by atoms with Gasteiger partial charge in [0.25, 0.3) is 5.91 Å². The SMILES string of the molecule is COc1ccc(NC(=O)c2cc(Br)ccc2I)cc1. The number of hydrogen-bond donors (Lipinski definition) is 1. The number of hydrogen-bond acceptors (Lipinski definition) is 2. The maximum atomic E-state index is 12.2. The molecule has 2 rings (SSSR count). The first-order chi connectivity index (χ1) is 9.10. The van der Waals surface area contributed by atoms with Crippen LogP contribution in [0.3, 0.4) is 0 Å². The molecule has 0 heterocycles. The largest absolute Gasteiger partial charge is 0.497 e. The molecule has 98 valence electrons. The van der Waals surface area contributed by atoms with E-state index in [0.29, 0.717) is 5.56 Å². The van der Waals surface area contributed by atoms with Crippen molar-refractivity contribution in [2.75, 3.05) is 12.4 Å². The summed E-state index contributed by atoms with van der Waals surface area (Å²) in [6.07, 6.45) is 0. The second-order valence-corrected chi connectivity index (χ2v) is 5.88. The van der Waals surface area contributed by atoms with E-state index in [4.69, 9.17) is 4.74 Å². The molecule has 2 aromatic rings. The third kappa shape index (κ3) is 3.70. The molecule has 0 unspecified atom stereocenters. The number of benzene rings is 2. The molecule has 19 heavy (non-hydrogen) atoms. The van der Waals surface area contributed by atoms with E-state index >= 15 is 0 Å². The maximum Gasteiger partial charge on any atom is 0.256 e. The van der Waals surface area contributed by atoms with Gasteiger partial charge in [0, 0.05) is 13.7 Å². The highest BCUT2D eigenvalue weighted by molar-refractivity contribution is 14.1. The second-order valence-electron chi connectivity index (χ2n) is 3.81. The van der Waals surface area contributed by atoms with Crippen LogP contribution in [0.5, 0.6) is 5.75 Å². The summed E-state index contributed by atoms with van der Waals surface area (Å²) in [5, 5.41) is 2.86. The van der Waals surface area contributed by atoms with E-state index in [1.165, 1.54) is 0 Å². The second kappa shape index (κ2) is 6.38. The summed E-state index contributed by atoms with van der Waals surface area (Å²) in [6, 6.07) is 12.8. The number of anilines is 1. The van der Waals surface area contributed by atoms with E-state index < -0.39 is 0 Å². The van der Waals surface area contributed by atoms with Crippen molar-refractivity contribution in [3.8, 4) is 5.75 Å². The first-order valence-corrected chi connectivity index (χ1v) is 7.38.